The van der Waals surface area contributed by atoms with Crippen LogP contribution in [0.3, 0.4) is 0 Å². The van der Waals surface area contributed by atoms with Crippen molar-refractivity contribution in [2.24, 2.45) is 5.92 Å². The summed E-state index contributed by atoms with van der Waals surface area (Å²) in [6.45, 7) is 10.2. The third-order valence-corrected chi connectivity index (χ3v) is 3.40. The molecule has 114 valence electrons. The molecule has 3 nitrogen and oxygen atoms in total. The van der Waals surface area contributed by atoms with E-state index in [1.165, 1.54) is 5.56 Å². The van der Waals surface area contributed by atoms with Crippen LogP contribution in [-0.2, 0) is 4.74 Å². The molecule has 0 saturated carbocycles. The molecule has 20 heavy (non-hydrogen) atoms. The lowest BCUT2D eigenvalue weighted by molar-refractivity contribution is 0.0326. The molecule has 2 unspecified atom stereocenters. The molecule has 0 saturated heterocycles. The zero-order valence-electron chi connectivity index (χ0n) is 13.5. The van der Waals surface area contributed by atoms with Crippen LogP contribution in [0.25, 0.3) is 0 Å². The van der Waals surface area contributed by atoms with Gasteiger partial charge in [0, 0.05) is 7.11 Å². The first-order valence-electron chi connectivity index (χ1n) is 7.62. The van der Waals surface area contributed by atoms with Crippen LogP contribution in [-0.4, -0.2) is 26.4 Å². The number of hydrogen-bond acceptors (Lipinski definition) is 3. The van der Waals surface area contributed by atoms with Gasteiger partial charge in [0.15, 0.2) is 0 Å². The molecule has 0 aliphatic heterocycles. The lowest BCUT2D eigenvalue weighted by atomic mass is 9.93. The van der Waals surface area contributed by atoms with E-state index in [-0.39, 0.29) is 12.1 Å². The van der Waals surface area contributed by atoms with Crippen molar-refractivity contribution < 1.29 is 9.47 Å². The fourth-order valence-corrected chi connectivity index (χ4v) is 2.48. The summed E-state index contributed by atoms with van der Waals surface area (Å²) < 4.78 is 11.3. The average Bonchev–Trinajstić information content (AvgIpc) is 2.43. The molecule has 3 heteroatoms. The molecule has 1 rings (SSSR count). The van der Waals surface area contributed by atoms with Gasteiger partial charge in [-0.1, -0.05) is 32.9 Å². The van der Waals surface area contributed by atoms with Crippen molar-refractivity contribution in [1.82, 2.24) is 5.32 Å². The fraction of sp³-hybridized carbons (Fsp3) is 0.647. The van der Waals surface area contributed by atoms with Crippen LogP contribution in [0.4, 0.5) is 0 Å². The first-order valence-corrected chi connectivity index (χ1v) is 7.62. The molecular weight excluding hydrogens is 250 g/mol. The summed E-state index contributed by atoms with van der Waals surface area (Å²) in [5, 5.41) is 3.61. The lowest BCUT2D eigenvalue weighted by Gasteiger charge is -2.30. The topological polar surface area (TPSA) is 30.5 Å². The van der Waals surface area contributed by atoms with Gasteiger partial charge in [-0.25, -0.2) is 0 Å². The van der Waals surface area contributed by atoms with Crippen molar-refractivity contribution in [3.05, 3.63) is 29.8 Å². The molecule has 0 spiro atoms. The Bertz CT molecular complexity index is 379. The molecule has 1 aromatic carbocycles. The number of rotatable bonds is 9. The second-order valence-electron chi connectivity index (χ2n) is 5.38. The SMILES string of the molecule is CCCNC(c1cccc(OCC)c1)C(OC)C(C)C. The van der Waals surface area contributed by atoms with Gasteiger partial charge in [0.1, 0.15) is 5.75 Å². The molecule has 1 N–H and O–H groups in total. The number of benzene rings is 1. The molecule has 0 radical (unpaired) electrons. The van der Waals surface area contributed by atoms with Gasteiger partial charge in [-0.05, 0) is 43.5 Å². The molecule has 2 atom stereocenters. The summed E-state index contributed by atoms with van der Waals surface area (Å²) in [7, 11) is 1.79. The largest absolute Gasteiger partial charge is 0.494 e. The van der Waals surface area contributed by atoms with E-state index in [1.54, 1.807) is 7.11 Å². The summed E-state index contributed by atoms with van der Waals surface area (Å²) in [6, 6.07) is 8.50. The monoisotopic (exact) mass is 279 g/mol. The molecule has 1 aromatic rings. The highest BCUT2D eigenvalue weighted by Crippen LogP contribution is 2.27. The van der Waals surface area contributed by atoms with Crippen molar-refractivity contribution in [1.29, 1.82) is 0 Å². The maximum Gasteiger partial charge on any atom is 0.119 e. The Morgan fingerprint density at radius 3 is 2.50 bits per heavy atom. The van der Waals surface area contributed by atoms with Gasteiger partial charge in [0.2, 0.25) is 0 Å². The van der Waals surface area contributed by atoms with Gasteiger partial charge < -0.3 is 14.8 Å². The normalized spacial score (nSPS) is 14.3. The van der Waals surface area contributed by atoms with Gasteiger partial charge in [-0.3, -0.25) is 0 Å². The highest BCUT2D eigenvalue weighted by atomic mass is 16.5. The highest BCUT2D eigenvalue weighted by Gasteiger charge is 2.25. The maximum atomic E-state index is 5.72. The van der Waals surface area contributed by atoms with E-state index in [9.17, 15) is 0 Å². The number of hydrogen-bond donors (Lipinski definition) is 1. The van der Waals surface area contributed by atoms with Gasteiger partial charge in [0.05, 0.1) is 18.8 Å². The number of nitrogens with one attached hydrogen (secondary N) is 1. The van der Waals surface area contributed by atoms with E-state index < -0.39 is 0 Å². The molecule has 0 aliphatic carbocycles. The molecule has 0 aliphatic rings. The van der Waals surface area contributed by atoms with Crippen molar-refractivity contribution in [3.8, 4) is 5.75 Å². The van der Waals surface area contributed by atoms with Crippen molar-refractivity contribution in [2.75, 3.05) is 20.3 Å². The van der Waals surface area contributed by atoms with E-state index in [4.69, 9.17) is 9.47 Å². The Kier molecular flexibility index (Phi) is 7.63. The van der Waals surface area contributed by atoms with E-state index >= 15 is 0 Å². The van der Waals surface area contributed by atoms with E-state index in [1.807, 2.05) is 19.1 Å². The van der Waals surface area contributed by atoms with Crippen LogP contribution >= 0.6 is 0 Å². The minimum absolute atomic E-state index is 0.151. The van der Waals surface area contributed by atoms with E-state index in [2.05, 4.69) is 38.2 Å². The third-order valence-electron chi connectivity index (χ3n) is 3.40. The summed E-state index contributed by atoms with van der Waals surface area (Å²) in [6.07, 6.45) is 1.26. The number of methoxy groups -OCH3 is 1. The third kappa shape index (κ3) is 4.80. The second kappa shape index (κ2) is 8.98. The predicted molar refractivity (Wildman–Crippen MR) is 84.3 cm³/mol. The fourth-order valence-electron chi connectivity index (χ4n) is 2.48. The van der Waals surface area contributed by atoms with Gasteiger partial charge in [0.25, 0.3) is 0 Å². The first kappa shape index (κ1) is 17.0. The second-order valence-corrected chi connectivity index (χ2v) is 5.38. The standard InChI is InChI=1S/C17H29NO2/c1-6-11-18-16(17(19-5)13(3)4)14-9-8-10-15(12-14)20-7-2/h8-10,12-13,16-18H,6-7,11H2,1-5H3. The van der Waals surface area contributed by atoms with Gasteiger partial charge >= 0.3 is 0 Å². The van der Waals surface area contributed by atoms with Crippen LogP contribution in [0.1, 0.15) is 45.7 Å². The van der Waals surface area contributed by atoms with Gasteiger partial charge in [-0.15, -0.1) is 0 Å². The molecule has 0 heterocycles. The zero-order valence-corrected chi connectivity index (χ0v) is 13.5. The smallest absolute Gasteiger partial charge is 0.119 e. The van der Waals surface area contributed by atoms with Crippen LogP contribution in [0.2, 0.25) is 0 Å². The summed E-state index contributed by atoms with van der Waals surface area (Å²) in [4.78, 5) is 0. The van der Waals surface area contributed by atoms with Crippen LogP contribution in [0, 0.1) is 5.92 Å². The predicted octanol–water partition coefficient (Wildman–Crippen LogP) is 3.80. The molecule has 0 amide bonds. The van der Waals surface area contributed by atoms with E-state index in [0.717, 1.165) is 18.7 Å². The number of ether oxygens (including phenoxy) is 2. The van der Waals surface area contributed by atoms with Crippen molar-refractivity contribution >= 4 is 0 Å². The first-order chi connectivity index (χ1) is 9.63. The quantitative estimate of drug-likeness (QED) is 0.746. The van der Waals surface area contributed by atoms with Crippen LogP contribution in [0.5, 0.6) is 5.75 Å². The molecule has 0 aromatic heterocycles. The highest BCUT2D eigenvalue weighted by molar-refractivity contribution is 5.31. The summed E-state index contributed by atoms with van der Waals surface area (Å²) in [5.41, 5.74) is 1.23. The van der Waals surface area contributed by atoms with Crippen molar-refractivity contribution in [2.45, 2.75) is 46.3 Å². The zero-order chi connectivity index (χ0) is 15.0. The lowest BCUT2D eigenvalue weighted by Crippen LogP contribution is -2.37. The summed E-state index contributed by atoms with van der Waals surface area (Å²) >= 11 is 0. The van der Waals surface area contributed by atoms with Gasteiger partial charge in [-0.2, -0.15) is 0 Å². The Morgan fingerprint density at radius 1 is 1.20 bits per heavy atom. The minimum Gasteiger partial charge on any atom is -0.494 e. The Balaban J connectivity index is 2.99. The average molecular weight is 279 g/mol. The Hall–Kier alpha value is -1.06. The maximum absolute atomic E-state index is 5.72. The Morgan fingerprint density at radius 2 is 1.95 bits per heavy atom. The van der Waals surface area contributed by atoms with Crippen molar-refractivity contribution in [3.63, 3.8) is 0 Å². The minimum atomic E-state index is 0.151. The molecule has 0 bridgehead atoms. The molecule has 0 fully saturated rings. The Labute approximate surface area is 123 Å². The van der Waals surface area contributed by atoms with Crippen LogP contribution in [0.15, 0.2) is 24.3 Å². The molecular formula is C17H29NO2. The van der Waals surface area contributed by atoms with Crippen LogP contribution < -0.4 is 10.1 Å². The summed E-state index contributed by atoms with van der Waals surface area (Å²) in [5.74, 6) is 1.37. The van der Waals surface area contributed by atoms with E-state index in [0.29, 0.717) is 12.5 Å².